The number of nitrogens with one attached hydrogen (secondary N) is 1. The number of hydrogen-bond donors (Lipinski definition) is 2. The van der Waals surface area contributed by atoms with Crippen LogP contribution in [0.15, 0.2) is 0 Å². The monoisotopic (exact) mass is 238 g/mol. The summed E-state index contributed by atoms with van der Waals surface area (Å²) in [6.07, 6.45) is 6.97. The van der Waals surface area contributed by atoms with Gasteiger partial charge in [0.2, 0.25) is 5.91 Å². The quantitative estimate of drug-likeness (QED) is 0.711. The minimum absolute atomic E-state index is 0.0759. The van der Waals surface area contributed by atoms with Crippen molar-refractivity contribution in [1.82, 2.24) is 5.32 Å². The first-order chi connectivity index (χ1) is 7.59. The van der Waals surface area contributed by atoms with Crippen molar-refractivity contribution in [3.05, 3.63) is 0 Å². The van der Waals surface area contributed by atoms with E-state index in [-0.39, 0.29) is 5.91 Å². The lowest BCUT2D eigenvalue weighted by Gasteiger charge is -2.18. The molecular weight excluding hydrogens is 220 g/mol. The average molecular weight is 238 g/mol. The molecule has 3 nitrogen and oxygen atoms in total. The van der Waals surface area contributed by atoms with Crippen molar-refractivity contribution < 1.29 is 4.79 Å². The molecule has 0 heterocycles. The van der Waals surface area contributed by atoms with E-state index in [1.807, 2.05) is 0 Å². The van der Waals surface area contributed by atoms with E-state index < -0.39 is 5.41 Å². The van der Waals surface area contributed by atoms with Gasteiger partial charge in [0, 0.05) is 6.54 Å². The first kappa shape index (κ1) is 10.5. The lowest BCUT2D eigenvalue weighted by Crippen LogP contribution is -2.42. The lowest BCUT2D eigenvalue weighted by molar-refractivity contribution is -0.124. The second-order valence-electron chi connectivity index (χ2n) is 5.77. The van der Waals surface area contributed by atoms with Crippen molar-refractivity contribution in [3.63, 3.8) is 0 Å². The van der Waals surface area contributed by atoms with Gasteiger partial charge in [-0.3, -0.25) is 4.79 Å². The largest absolute Gasteiger partial charge is 0.392 e. The number of hydrogen-bond acceptors (Lipinski definition) is 2. The smallest absolute Gasteiger partial charge is 0.233 e. The molecule has 0 atom stereocenters. The summed E-state index contributed by atoms with van der Waals surface area (Å²) in [6.45, 7) is 0.848. The molecule has 0 aliphatic heterocycles. The Morgan fingerprint density at radius 3 is 2.31 bits per heavy atom. The van der Waals surface area contributed by atoms with Crippen LogP contribution in [0, 0.1) is 16.7 Å². The van der Waals surface area contributed by atoms with E-state index in [0.717, 1.165) is 25.3 Å². The fourth-order valence-corrected chi connectivity index (χ4v) is 3.02. The fourth-order valence-electron chi connectivity index (χ4n) is 2.72. The van der Waals surface area contributed by atoms with Gasteiger partial charge in [-0.15, -0.1) is 0 Å². The highest BCUT2D eigenvalue weighted by atomic mass is 32.1. The SMILES string of the molecule is NC(=S)C1(C(=O)NCC2(C3CC3)CC2)CC1. The van der Waals surface area contributed by atoms with E-state index in [1.165, 1.54) is 25.7 Å². The van der Waals surface area contributed by atoms with Crippen molar-refractivity contribution in [2.45, 2.75) is 38.5 Å². The molecule has 3 saturated carbocycles. The van der Waals surface area contributed by atoms with E-state index in [2.05, 4.69) is 5.32 Å². The standard InChI is InChI=1S/C12H18N2OS/c13-9(16)12(5-6-12)10(15)14-7-11(3-4-11)8-1-2-8/h8H,1-7H2,(H2,13,16)(H,14,15). The van der Waals surface area contributed by atoms with Gasteiger partial charge in [0.25, 0.3) is 0 Å². The molecule has 4 heteroatoms. The van der Waals surface area contributed by atoms with Gasteiger partial charge in [-0.05, 0) is 49.9 Å². The summed E-state index contributed by atoms with van der Waals surface area (Å²) >= 11 is 4.97. The molecule has 0 bridgehead atoms. The summed E-state index contributed by atoms with van der Waals surface area (Å²) in [5, 5.41) is 3.08. The number of amides is 1. The zero-order valence-corrected chi connectivity index (χ0v) is 10.2. The third-order valence-electron chi connectivity index (χ3n) is 4.59. The summed E-state index contributed by atoms with van der Waals surface area (Å²) in [7, 11) is 0. The number of carbonyl (C=O) groups excluding carboxylic acids is 1. The van der Waals surface area contributed by atoms with Gasteiger partial charge >= 0.3 is 0 Å². The summed E-state index contributed by atoms with van der Waals surface area (Å²) in [5.74, 6) is 0.958. The molecule has 3 aliphatic rings. The first-order valence-electron chi connectivity index (χ1n) is 6.17. The molecule has 0 radical (unpaired) electrons. The molecule has 1 amide bonds. The van der Waals surface area contributed by atoms with E-state index in [4.69, 9.17) is 18.0 Å². The third-order valence-corrected chi connectivity index (χ3v) is 4.98. The van der Waals surface area contributed by atoms with Crippen LogP contribution < -0.4 is 11.1 Å². The van der Waals surface area contributed by atoms with Crippen molar-refractivity contribution in [2.24, 2.45) is 22.5 Å². The maximum atomic E-state index is 12.0. The van der Waals surface area contributed by atoms with E-state index >= 15 is 0 Å². The van der Waals surface area contributed by atoms with E-state index in [1.54, 1.807) is 0 Å². The Hall–Kier alpha value is -0.640. The summed E-state index contributed by atoms with van der Waals surface area (Å²) < 4.78 is 0. The minimum Gasteiger partial charge on any atom is -0.392 e. The molecule has 0 saturated heterocycles. The van der Waals surface area contributed by atoms with Crippen LogP contribution in [0.1, 0.15) is 38.5 Å². The molecule has 0 unspecified atom stereocenters. The Morgan fingerprint density at radius 1 is 1.31 bits per heavy atom. The maximum Gasteiger partial charge on any atom is 0.233 e. The maximum absolute atomic E-state index is 12.0. The van der Waals surface area contributed by atoms with E-state index in [9.17, 15) is 4.79 Å². The normalized spacial score (nSPS) is 28.2. The van der Waals surface area contributed by atoms with Crippen LogP contribution in [0.3, 0.4) is 0 Å². The molecule has 3 N–H and O–H groups in total. The number of nitrogens with two attached hydrogens (primary N) is 1. The Bertz CT molecular complexity index is 354. The second-order valence-corrected chi connectivity index (χ2v) is 6.21. The lowest BCUT2D eigenvalue weighted by atomic mass is 9.99. The predicted molar refractivity (Wildman–Crippen MR) is 65.9 cm³/mol. The first-order valence-corrected chi connectivity index (χ1v) is 6.58. The zero-order valence-electron chi connectivity index (χ0n) is 9.42. The molecular formula is C12H18N2OS. The van der Waals surface area contributed by atoms with Gasteiger partial charge in [0.15, 0.2) is 0 Å². The van der Waals surface area contributed by atoms with Crippen LogP contribution in [-0.2, 0) is 4.79 Å². The Morgan fingerprint density at radius 2 is 1.94 bits per heavy atom. The van der Waals surface area contributed by atoms with Crippen molar-refractivity contribution >= 4 is 23.1 Å². The zero-order chi connectivity index (χ0) is 11.4. The molecule has 3 aliphatic carbocycles. The van der Waals surface area contributed by atoms with Crippen molar-refractivity contribution in [3.8, 4) is 0 Å². The highest BCUT2D eigenvalue weighted by Gasteiger charge is 2.56. The van der Waals surface area contributed by atoms with Crippen LogP contribution in [0.4, 0.5) is 0 Å². The summed E-state index contributed by atoms with van der Waals surface area (Å²) in [5.41, 5.74) is 5.61. The van der Waals surface area contributed by atoms with Crippen LogP contribution in [0.25, 0.3) is 0 Å². The molecule has 16 heavy (non-hydrogen) atoms. The van der Waals surface area contributed by atoms with Crippen molar-refractivity contribution in [2.75, 3.05) is 6.54 Å². The summed E-state index contributed by atoms with van der Waals surface area (Å²) in [4.78, 5) is 12.4. The predicted octanol–water partition coefficient (Wildman–Crippen LogP) is 1.36. The van der Waals surface area contributed by atoms with Crippen LogP contribution in [0.5, 0.6) is 0 Å². The number of rotatable bonds is 5. The van der Waals surface area contributed by atoms with Gasteiger partial charge in [0.05, 0.1) is 10.4 Å². The average Bonchev–Trinajstić information content (AvgIpc) is 3.16. The minimum atomic E-state index is -0.477. The fraction of sp³-hybridized carbons (Fsp3) is 0.833. The Balaban J connectivity index is 1.56. The molecule has 88 valence electrons. The molecule has 3 fully saturated rings. The molecule has 0 aromatic carbocycles. The van der Waals surface area contributed by atoms with Gasteiger partial charge in [-0.1, -0.05) is 12.2 Å². The molecule has 0 aromatic rings. The topological polar surface area (TPSA) is 55.1 Å². The highest BCUT2D eigenvalue weighted by Crippen LogP contribution is 2.61. The van der Waals surface area contributed by atoms with Crippen LogP contribution >= 0.6 is 12.2 Å². The Labute approximate surface area is 101 Å². The van der Waals surface area contributed by atoms with Gasteiger partial charge in [-0.25, -0.2) is 0 Å². The van der Waals surface area contributed by atoms with Crippen LogP contribution in [-0.4, -0.2) is 17.4 Å². The second kappa shape index (κ2) is 3.19. The number of carbonyl (C=O) groups is 1. The molecule has 0 spiro atoms. The van der Waals surface area contributed by atoms with Gasteiger partial charge < -0.3 is 11.1 Å². The van der Waals surface area contributed by atoms with Crippen LogP contribution in [0.2, 0.25) is 0 Å². The van der Waals surface area contributed by atoms with Gasteiger partial charge in [0.1, 0.15) is 0 Å². The summed E-state index contributed by atoms with van der Waals surface area (Å²) in [6, 6.07) is 0. The molecule has 3 rings (SSSR count). The highest BCUT2D eigenvalue weighted by molar-refractivity contribution is 7.80. The number of thiocarbonyl (C=S) groups is 1. The Kier molecular flexibility index (Phi) is 2.09. The van der Waals surface area contributed by atoms with Crippen molar-refractivity contribution in [1.29, 1.82) is 0 Å². The van der Waals surface area contributed by atoms with E-state index in [0.29, 0.717) is 10.4 Å². The third kappa shape index (κ3) is 1.54. The van der Waals surface area contributed by atoms with Gasteiger partial charge in [-0.2, -0.15) is 0 Å². The molecule has 0 aromatic heterocycles.